The molecule has 1 fully saturated rings. The molecule has 3 rings (SSSR count). The molecule has 3 heterocycles. The molecule has 136 valence electrons. The number of nitrogens with one attached hydrogen (secondary N) is 2. The minimum absolute atomic E-state index is 0.177. The van der Waals surface area contributed by atoms with Gasteiger partial charge >= 0.3 is 0 Å². The lowest BCUT2D eigenvalue weighted by molar-refractivity contribution is -0.120. The van der Waals surface area contributed by atoms with Crippen LogP contribution in [0.4, 0.5) is 5.69 Å². The summed E-state index contributed by atoms with van der Waals surface area (Å²) in [7, 11) is -2.31. The van der Waals surface area contributed by atoms with Crippen molar-refractivity contribution in [3.8, 4) is 0 Å². The zero-order chi connectivity index (χ0) is 18.2. The number of rotatable bonds is 4. The van der Waals surface area contributed by atoms with Gasteiger partial charge in [-0.25, -0.2) is 0 Å². The molecular weight excluding hydrogens is 362 g/mol. The fourth-order valence-electron chi connectivity index (χ4n) is 2.70. The number of likely N-dealkylation sites (N-methyl/N-ethyl adjacent to an activating group) is 1. The molecule has 1 aliphatic rings. The van der Waals surface area contributed by atoms with Crippen LogP contribution >= 0.6 is 11.3 Å². The van der Waals surface area contributed by atoms with Crippen LogP contribution in [-0.2, 0) is 15.0 Å². The first kappa shape index (κ1) is 18.1. The van der Waals surface area contributed by atoms with Gasteiger partial charge in [0, 0.05) is 24.2 Å². The van der Waals surface area contributed by atoms with Gasteiger partial charge in [-0.3, -0.25) is 9.48 Å². The van der Waals surface area contributed by atoms with Crippen molar-refractivity contribution in [3.05, 3.63) is 34.8 Å². The summed E-state index contributed by atoms with van der Waals surface area (Å²) in [4.78, 5) is 13.6. The third-order valence-electron chi connectivity index (χ3n) is 4.16. The number of hydrogen-bond donors (Lipinski definition) is 2. The molecule has 1 amide bonds. The lowest BCUT2D eigenvalue weighted by Crippen LogP contribution is -2.55. The van der Waals surface area contributed by atoms with Gasteiger partial charge in [0.05, 0.1) is 17.9 Å². The van der Waals surface area contributed by atoms with Crippen molar-refractivity contribution in [2.75, 3.05) is 12.4 Å². The van der Waals surface area contributed by atoms with Gasteiger partial charge in [0.2, 0.25) is 5.91 Å². The van der Waals surface area contributed by atoms with Gasteiger partial charge in [0.25, 0.3) is 10.2 Å². The molecule has 0 radical (unpaired) electrons. The Morgan fingerprint density at radius 1 is 1.48 bits per heavy atom. The fourth-order valence-corrected chi connectivity index (χ4v) is 4.83. The molecule has 2 N–H and O–H groups in total. The quantitative estimate of drug-likeness (QED) is 0.841. The number of nitrogens with zero attached hydrogens (tertiary/aromatic N) is 3. The van der Waals surface area contributed by atoms with Gasteiger partial charge in [-0.2, -0.15) is 22.5 Å². The van der Waals surface area contributed by atoms with Crippen molar-refractivity contribution in [2.24, 2.45) is 0 Å². The third-order valence-corrected chi connectivity index (χ3v) is 6.74. The Labute approximate surface area is 151 Å². The van der Waals surface area contributed by atoms with E-state index in [2.05, 4.69) is 15.1 Å². The summed E-state index contributed by atoms with van der Waals surface area (Å²) >= 11 is 1.47. The van der Waals surface area contributed by atoms with Crippen molar-refractivity contribution in [1.82, 2.24) is 18.8 Å². The molecule has 10 heteroatoms. The molecule has 0 bridgehead atoms. The summed E-state index contributed by atoms with van der Waals surface area (Å²) in [5, 5.41) is 8.83. The summed E-state index contributed by atoms with van der Waals surface area (Å²) in [6.45, 7) is 3.97. The van der Waals surface area contributed by atoms with Crippen LogP contribution in [-0.4, -0.2) is 41.5 Å². The molecule has 0 spiro atoms. The molecule has 2 atom stereocenters. The molecule has 1 aliphatic heterocycles. The fraction of sp³-hybridized carbons (Fsp3) is 0.467. The smallest absolute Gasteiger partial charge is 0.280 e. The maximum absolute atomic E-state index is 12.7. The van der Waals surface area contributed by atoms with Crippen LogP contribution in [0.15, 0.2) is 29.9 Å². The molecule has 0 aromatic carbocycles. The number of aromatic nitrogens is 2. The molecule has 25 heavy (non-hydrogen) atoms. The molecule has 0 aliphatic carbocycles. The zero-order valence-corrected chi connectivity index (χ0v) is 15.8. The summed E-state index contributed by atoms with van der Waals surface area (Å²) in [6, 6.07) is 2.71. The first-order valence-corrected chi connectivity index (χ1v) is 10.2. The second-order valence-corrected chi connectivity index (χ2v) is 8.99. The van der Waals surface area contributed by atoms with Crippen LogP contribution in [0.25, 0.3) is 0 Å². The standard InChI is InChI=1S/C15H21N5O3S2/c1-10(2)20-9-11(8-16-20)17-15(21)13-7-12(14-5-4-6-24-14)18-25(22,23)19(13)3/h4-6,8-10,12-13,18H,7H2,1-3H3,(H,17,21)/t12-,13+/m0/s1. The molecule has 1 saturated heterocycles. The SMILES string of the molecule is CC(C)n1cc(NC(=O)[C@H]2C[C@@H](c3cccs3)NS(=O)(=O)N2C)cn1. The Hall–Kier alpha value is -1.75. The van der Waals surface area contributed by atoms with Crippen LogP contribution in [0.1, 0.15) is 37.2 Å². The van der Waals surface area contributed by atoms with Gasteiger partial charge in [-0.05, 0) is 31.7 Å². The molecular formula is C15H21N5O3S2. The van der Waals surface area contributed by atoms with Gasteiger partial charge < -0.3 is 5.32 Å². The highest BCUT2D eigenvalue weighted by Crippen LogP contribution is 2.30. The Bertz CT molecular complexity index is 844. The normalized spacial score (nSPS) is 23.7. The summed E-state index contributed by atoms with van der Waals surface area (Å²) in [5.74, 6) is -0.363. The van der Waals surface area contributed by atoms with Crippen molar-refractivity contribution < 1.29 is 13.2 Å². The molecule has 0 unspecified atom stereocenters. The van der Waals surface area contributed by atoms with E-state index in [0.29, 0.717) is 12.1 Å². The maximum atomic E-state index is 12.7. The van der Waals surface area contributed by atoms with E-state index in [0.717, 1.165) is 9.18 Å². The van der Waals surface area contributed by atoms with Gasteiger partial charge in [0.1, 0.15) is 6.04 Å². The van der Waals surface area contributed by atoms with Crippen LogP contribution < -0.4 is 10.0 Å². The molecule has 2 aromatic rings. The number of anilines is 1. The topological polar surface area (TPSA) is 96.3 Å². The summed E-state index contributed by atoms with van der Waals surface area (Å²) in [5.41, 5.74) is 0.552. The van der Waals surface area contributed by atoms with Gasteiger partial charge in [0.15, 0.2) is 0 Å². The van der Waals surface area contributed by atoms with E-state index in [-0.39, 0.29) is 11.9 Å². The average Bonchev–Trinajstić information content (AvgIpc) is 3.20. The highest BCUT2D eigenvalue weighted by Gasteiger charge is 2.41. The second-order valence-electron chi connectivity index (χ2n) is 6.25. The van der Waals surface area contributed by atoms with Crippen molar-refractivity contribution in [2.45, 2.75) is 38.4 Å². The van der Waals surface area contributed by atoms with Gasteiger partial charge in [-0.1, -0.05) is 6.07 Å². The minimum atomic E-state index is -3.72. The number of carbonyl (C=O) groups is 1. The van der Waals surface area contributed by atoms with E-state index in [1.165, 1.54) is 18.4 Å². The Kier molecular flexibility index (Phi) is 4.96. The zero-order valence-electron chi connectivity index (χ0n) is 14.2. The lowest BCUT2D eigenvalue weighted by atomic mass is 10.1. The van der Waals surface area contributed by atoms with Crippen molar-refractivity contribution in [3.63, 3.8) is 0 Å². The lowest BCUT2D eigenvalue weighted by Gasteiger charge is -2.35. The van der Waals surface area contributed by atoms with E-state index in [1.807, 2.05) is 31.4 Å². The predicted molar refractivity (Wildman–Crippen MR) is 96.5 cm³/mol. The number of thiophene rings is 1. The number of amides is 1. The van der Waals surface area contributed by atoms with E-state index in [4.69, 9.17) is 0 Å². The number of hydrogen-bond acceptors (Lipinski definition) is 5. The summed E-state index contributed by atoms with van der Waals surface area (Å²) in [6.07, 6.45) is 3.65. The highest BCUT2D eigenvalue weighted by molar-refractivity contribution is 7.87. The van der Waals surface area contributed by atoms with E-state index in [1.54, 1.807) is 17.1 Å². The van der Waals surface area contributed by atoms with Crippen LogP contribution in [0.3, 0.4) is 0 Å². The largest absolute Gasteiger partial charge is 0.322 e. The third kappa shape index (κ3) is 3.76. The number of carbonyl (C=O) groups excluding carboxylic acids is 1. The molecule has 0 saturated carbocycles. The second kappa shape index (κ2) is 6.87. The summed E-state index contributed by atoms with van der Waals surface area (Å²) < 4.78 is 30.2. The van der Waals surface area contributed by atoms with Crippen LogP contribution in [0.5, 0.6) is 0 Å². The van der Waals surface area contributed by atoms with E-state index < -0.39 is 22.3 Å². The first-order valence-electron chi connectivity index (χ1n) is 7.91. The van der Waals surface area contributed by atoms with Crippen molar-refractivity contribution in [1.29, 1.82) is 0 Å². The molecule has 2 aromatic heterocycles. The Morgan fingerprint density at radius 3 is 2.84 bits per heavy atom. The first-order chi connectivity index (χ1) is 11.8. The van der Waals surface area contributed by atoms with Crippen LogP contribution in [0, 0.1) is 0 Å². The van der Waals surface area contributed by atoms with Crippen molar-refractivity contribution >= 4 is 33.1 Å². The van der Waals surface area contributed by atoms with Gasteiger partial charge in [-0.15, -0.1) is 11.3 Å². The minimum Gasteiger partial charge on any atom is -0.322 e. The predicted octanol–water partition coefficient (Wildman–Crippen LogP) is 1.74. The highest BCUT2D eigenvalue weighted by atomic mass is 32.2. The monoisotopic (exact) mass is 383 g/mol. The average molecular weight is 383 g/mol. The van der Waals surface area contributed by atoms with E-state index >= 15 is 0 Å². The maximum Gasteiger partial charge on any atom is 0.280 e. The Morgan fingerprint density at radius 2 is 2.24 bits per heavy atom. The van der Waals surface area contributed by atoms with E-state index in [9.17, 15) is 13.2 Å². The van der Waals surface area contributed by atoms with Crippen LogP contribution in [0.2, 0.25) is 0 Å². The Balaban J connectivity index is 1.79. The molecule has 8 nitrogen and oxygen atoms in total.